The highest BCUT2D eigenvalue weighted by atomic mass is 32.2. The van der Waals surface area contributed by atoms with Crippen molar-refractivity contribution < 1.29 is 44.1 Å². The van der Waals surface area contributed by atoms with Crippen molar-refractivity contribution in [3.63, 3.8) is 0 Å². The van der Waals surface area contributed by atoms with Gasteiger partial charge in [-0.15, -0.1) is 0 Å². The van der Waals surface area contributed by atoms with E-state index in [0.717, 1.165) is 0 Å². The van der Waals surface area contributed by atoms with Crippen molar-refractivity contribution in [3.05, 3.63) is 59.7 Å². The Labute approximate surface area is 330 Å². The fourth-order valence-electron chi connectivity index (χ4n) is 5.49. The van der Waals surface area contributed by atoms with Crippen LogP contribution in [0.4, 0.5) is 0 Å². The highest BCUT2D eigenvalue weighted by Crippen LogP contribution is 2.15. The van der Waals surface area contributed by atoms with Gasteiger partial charge in [0, 0.05) is 19.4 Å². The number of hydrogen-bond donors (Lipinski definition) is 12. The van der Waals surface area contributed by atoms with E-state index in [1.807, 2.05) is 13.8 Å². The quantitative estimate of drug-likeness (QED) is 0.0360. The van der Waals surface area contributed by atoms with Crippen LogP contribution in [0.2, 0.25) is 0 Å². The summed E-state index contributed by atoms with van der Waals surface area (Å²) >= 11 is 1.41. The minimum atomic E-state index is -1.31. The monoisotopic (exact) mass is 801 g/mol. The van der Waals surface area contributed by atoms with Crippen molar-refractivity contribution in [1.29, 1.82) is 5.41 Å². The molecule has 5 amide bonds. The number of carbonyl (C=O) groups is 6. The largest absolute Gasteiger partial charge is 0.508 e. The van der Waals surface area contributed by atoms with Crippen molar-refractivity contribution in [2.24, 2.45) is 17.4 Å². The summed E-state index contributed by atoms with van der Waals surface area (Å²) in [5.74, 6) is -4.88. The highest BCUT2D eigenvalue weighted by Gasteiger charge is 2.33. The van der Waals surface area contributed by atoms with Gasteiger partial charge < -0.3 is 58.7 Å². The van der Waals surface area contributed by atoms with Crippen molar-refractivity contribution in [1.82, 2.24) is 31.9 Å². The van der Waals surface area contributed by atoms with E-state index >= 15 is 0 Å². The molecular weight excluding hydrogens is 747 g/mol. The molecule has 2 rings (SSSR count). The van der Waals surface area contributed by atoms with Crippen LogP contribution in [0, 0.1) is 11.3 Å². The Balaban J connectivity index is 2.41. The summed E-state index contributed by atoms with van der Waals surface area (Å²) in [6.07, 6.45) is 2.23. The van der Waals surface area contributed by atoms with Crippen LogP contribution in [0.5, 0.6) is 11.5 Å². The van der Waals surface area contributed by atoms with E-state index in [1.54, 1.807) is 30.5 Å². The molecule has 0 unspecified atom stereocenters. The Morgan fingerprint density at radius 2 is 1.14 bits per heavy atom. The van der Waals surface area contributed by atoms with Gasteiger partial charge in [0.1, 0.15) is 41.7 Å². The van der Waals surface area contributed by atoms with E-state index < -0.39 is 72.3 Å². The van der Waals surface area contributed by atoms with Gasteiger partial charge in [-0.05, 0) is 79.0 Å². The topological polar surface area (TPSA) is 311 Å². The van der Waals surface area contributed by atoms with Crippen molar-refractivity contribution in [2.45, 2.75) is 82.6 Å². The number of amides is 5. The molecule has 0 saturated carbocycles. The van der Waals surface area contributed by atoms with Crippen LogP contribution in [0.25, 0.3) is 0 Å². The lowest BCUT2D eigenvalue weighted by Crippen LogP contribution is -2.59. The molecule has 0 saturated heterocycles. The maximum Gasteiger partial charge on any atom is 0.326 e. The third kappa shape index (κ3) is 17.3. The summed E-state index contributed by atoms with van der Waals surface area (Å²) in [5.41, 5.74) is 12.0. The van der Waals surface area contributed by atoms with E-state index in [-0.39, 0.29) is 68.4 Å². The number of carboxylic acid groups (broad SMARTS) is 1. The minimum Gasteiger partial charge on any atom is -0.508 e. The SMILES string of the molecule is CSCC[C@H](NC(=O)[C@H](CCCNC(=N)N)NC(=O)[C@H](CC(C)C)NC(=O)[C@H](Cc1ccc(O)cc1)NC(=O)[C@H](Cc1ccc(O)cc1)NC(=O)CN)C(=O)O. The summed E-state index contributed by atoms with van der Waals surface area (Å²) in [7, 11) is 0. The zero-order valence-corrected chi connectivity index (χ0v) is 32.6. The average Bonchev–Trinajstić information content (AvgIpc) is 3.14. The first-order valence-electron chi connectivity index (χ1n) is 18.1. The first-order valence-corrected chi connectivity index (χ1v) is 19.5. The summed E-state index contributed by atoms with van der Waals surface area (Å²) < 4.78 is 0. The first-order chi connectivity index (χ1) is 26.5. The molecular formula is C37H55N9O9S. The number of thioether (sulfide) groups is 1. The molecule has 19 heteroatoms. The maximum atomic E-state index is 14.1. The molecule has 0 radical (unpaired) electrons. The predicted octanol–water partition coefficient (Wildman–Crippen LogP) is -0.587. The standard InChI is InChI=1S/C37H55N9O9S/c1-21(2)17-28(33(51)43-26(5-4-15-41-37(39)40)32(50)44-27(36(54)55)14-16-56-3)45-35(53)30(19-23-8-12-25(48)13-9-23)46-34(52)29(42-31(49)20-38)18-22-6-10-24(47)11-7-22/h6-13,21,26-30,47-48H,4-5,14-20,38H2,1-3H3,(H,42,49)(H,43,51)(H,44,50)(H,45,53)(H,46,52)(H,54,55)(H4,39,40,41)/t26-,27-,28-,29-,30-/m0/s1. The van der Waals surface area contributed by atoms with Gasteiger partial charge in [0.2, 0.25) is 29.5 Å². The second-order valence-electron chi connectivity index (χ2n) is 13.5. The first kappa shape index (κ1) is 46.6. The van der Waals surface area contributed by atoms with Gasteiger partial charge >= 0.3 is 5.97 Å². The van der Waals surface area contributed by atoms with E-state index in [1.165, 1.54) is 36.0 Å². The number of nitrogens with two attached hydrogens (primary N) is 2. The molecule has 2 aromatic rings. The molecule has 18 nitrogen and oxygen atoms in total. The van der Waals surface area contributed by atoms with Crippen LogP contribution >= 0.6 is 11.8 Å². The van der Waals surface area contributed by atoms with Crippen LogP contribution < -0.4 is 43.4 Å². The number of guanidine groups is 1. The van der Waals surface area contributed by atoms with Gasteiger partial charge in [-0.3, -0.25) is 29.4 Å². The van der Waals surface area contributed by atoms with Crippen LogP contribution in [0.3, 0.4) is 0 Å². The number of carboxylic acids is 1. The predicted molar refractivity (Wildman–Crippen MR) is 212 cm³/mol. The number of phenolic OH excluding ortho intramolecular Hbond substituents is 2. The zero-order valence-electron chi connectivity index (χ0n) is 31.8. The molecule has 0 heterocycles. The van der Waals surface area contributed by atoms with E-state index in [4.69, 9.17) is 16.9 Å². The maximum absolute atomic E-state index is 14.1. The normalized spacial score (nSPS) is 13.6. The van der Waals surface area contributed by atoms with Crippen molar-refractivity contribution in [2.75, 3.05) is 25.1 Å². The van der Waals surface area contributed by atoms with Gasteiger partial charge in [-0.25, -0.2) is 4.79 Å². The van der Waals surface area contributed by atoms with Crippen LogP contribution in [-0.4, -0.2) is 112 Å². The number of aromatic hydroxyl groups is 2. The molecule has 0 aromatic heterocycles. The van der Waals surface area contributed by atoms with E-state index in [2.05, 4.69) is 31.9 Å². The zero-order chi connectivity index (χ0) is 41.8. The lowest BCUT2D eigenvalue weighted by Gasteiger charge is -2.28. The lowest BCUT2D eigenvalue weighted by molar-refractivity contribution is -0.142. The Morgan fingerprint density at radius 1 is 0.696 bits per heavy atom. The van der Waals surface area contributed by atoms with Crippen LogP contribution in [0.1, 0.15) is 50.7 Å². The number of rotatable bonds is 24. The molecule has 0 aliphatic heterocycles. The van der Waals surface area contributed by atoms with Crippen LogP contribution in [-0.2, 0) is 41.6 Å². The Bertz CT molecular complexity index is 1630. The second kappa shape index (κ2) is 24.1. The Kier molecular flexibility index (Phi) is 20.0. The third-order valence-corrected chi connectivity index (χ3v) is 9.05. The molecule has 308 valence electrons. The number of hydrogen-bond acceptors (Lipinski definition) is 11. The number of phenols is 2. The van der Waals surface area contributed by atoms with E-state index in [0.29, 0.717) is 16.9 Å². The molecule has 0 bridgehead atoms. The lowest BCUT2D eigenvalue weighted by atomic mass is 9.99. The molecule has 0 aliphatic carbocycles. The fourth-order valence-corrected chi connectivity index (χ4v) is 5.96. The van der Waals surface area contributed by atoms with Gasteiger partial charge in [0.05, 0.1) is 6.54 Å². The Morgan fingerprint density at radius 3 is 1.61 bits per heavy atom. The van der Waals surface area contributed by atoms with Gasteiger partial charge in [-0.1, -0.05) is 38.1 Å². The second-order valence-corrected chi connectivity index (χ2v) is 14.5. The molecule has 0 fully saturated rings. The van der Waals surface area contributed by atoms with Crippen molar-refractivity contribution in [3.8, 4) is 11.5 Å². The summed E-state index contributed by atoms with van der Waals surface area (Å²) in [6, 6.07) is 5.74. The average molecular weight is 802 g/mol. The fraction of sp³-hybridized carbons (Fsp3) is 0.486. The number of benzene rings is 2. The molecule has 56 heavy (non-hydrogen) atoms. The number of nitrogens with one attached hydrogen (secondary N) is 7. The molecule has 0 spiro atoms. The van der Waals surface area contributed by atoms with Gasteiger partial charge in [0.15, 0.2) is 5.96 Å². The summed E-state index contributed by atoms with van der Waals surface area (Å²) in [6.45, 7) is 3.41. The summed E-state index contributed by atoms with van der Waals surface area (Å²) in [5, 5.41) is 52.3. The molecule has 5 atom stereocenters. The summed E-state index contributed by atoms with van der Waals surface area (Å²) in [4.78, 5) is 79.4. The Hall–Kier alpha value is -5.56. The van der Waals surface area contributed by atoms with Crippen LogP contribution in [0.15, 0.2) is 48.5 Å². The van der Waals surface area contributed by atoms with Gasteiger partial charge in [0.25, 0.3) is 0 Å². The third-order valence-electron chi connectivity index (χ3n) is 8.41. The van der Waals surface area contributed by atoms with Crippen molar-refractivity contribution >= 4 is 53.2 Å². The highest BCUT2D eigenvalue weighted by molar-refractivity contribution is 7.98. The van der Waals surface area contributed by atoms with E-state index in [9.17, 15) is 44.1 Å². The molecule has 2 aromatic carbocycles. The number of carbonyl (C=O) groups excluding carboxylic acids is 5. The van der Waals surface area contributed by atoms with Gasteiger partial charge in [-0.2, -0.15) is 11.8 Å². The molecule has 14 N–H and O–H groups in total. The molecule has 0 aliphatic rings. The number of aliphatic carboxylic acids is 1. The smallest absolute Gasteiger partial charge is 0.326 e. The minimum absolute atomic E-state index is 0.00100.